The Labute approximate surface area is 99.2 Å². The fourth-order valence-corrected chi connectivity index (χ4v) is 2.79. The Morgan fingerprint density at radius 2 is 2.06 bits per heavy atom. The van der Waals surface area contributed by atoms with Crippen molar-refractivity contribution in [1.29, 1.82) is 0 Å². The van der Waals surface area contributed by atoms with E-state index in [-0.39, 0.29) is 5.44 Å². The molecular weight excluding hydrogens is 218 g/mol. The van der Waals surface area contributed by atoms with E-state index < -0.39 is 0 Å². The number of ether oxygens (including phenoxy) is 1. The highest BCUT2D eigenvalue weighted by molar-refractivity contribution is 7.99. The molecule has 1 aromatic heterocycles. The number of thioether (sulfide) groups is 1. The van der Waals surface area contributed by atoms with Crippen molar-refractivity contribution >= 4 is 11.8 Å². The van der Waals surface area contributed by atoms with Crippen LogP contribution in [0.25, 0.3) is 5.69 Å². The van der Waals surface area contributed by atoms with Crippen LogP contribution in [0.15, 0.2) is 48.8 Å². The number of hydrogen-bond donors (Lipinski definition) is 0. The van der Waals surface area contributed by atoms with Crippen LogP contribution < -0.4 is 0 Å². The number of benzene rings is 1. The molecule has 0 amide bonds. The average Bonchev–Trinajstić information content (AvgIpc) is 3.01. The van der Waals surface area contributed by atoms with Gasteiger partial charge in [-0.3, -0.25) is 0 Å². The van der Waals surface area contributed by atoms with Gasteiger partial charge in [0, 0.05) is 29.4 Å². The first kappa shape index (κ1) is 10.00. The second-order valence-electron chi connectivity index (χ2n) is 3.76. The maximum absolute atomic E-state index is 5.64. The van der Waals surface area contributed by atoms with Crippen LogP contribution in [0.5, 0.6) is 0 Å². The largest absolute Gasteiger partial charge is 0.362 e. The normalized spacial score (nSPS) is 20.1. The van der Waals surface area contributed by atoms with Crippen molar-refractivity contribution in [3.8, 4) is 5.69 Å². The van der Waals surface area contributed by atoms with Gasteiger partial charge >= 0.3 is 0 Å². The molecule has 1 aliphatic rings. The number of para-hydroxylation sites is 1. The summed E-state index contributed by atoms with van der Waals surface area (Å²) in [6, 6.07) is 12.5. The Bertz CT molecular complexity index is 460. The quantitative estimate of drug-likeness (QED) is 0.787. The Balaban J connectivity index is 1.87. The van der Waals surface area contributed by atoms with E-state index >= 15 is 0 Å². The first-order valence-electron chi connectivity index (χ1n) is 5.40. The molecule has 1 saturated heterocycles. The Kier molecular flexibility index (Phi) is 2.72. The van der Waals surface area contributed by atoms with E-state index in [2.05, 4.69) is 47.3 Å². The van der Waals surface area contributed by atoms with Gasteiger partial charge in [0.15, 0.2) is 0 Å². The van der Waals surface area contributed by atoms with Crippen molar-refractivity contribution in [2.24, 2.45) is 0 Å². The summed E-state index contributed by atoms with van der Waals surface area (Å²) in [6.45, 7) is 0.867. The Hall–Kier alpha value is -1.19. The highest BCUT2D eigenvalue weighted by atomic mass is 32.2. The van der Waals surface area contributed by atoms with Crippen molar-refractivity contribution in [2.45, 2.75) is 5.44 Å². The van der Waals surface area contributed by atoms with E-state index in [9.17, 15) is 0 Å². The van der Waals surface area contributed by atoms with Crippen LogP contribution in [0.1, 0.15) is 11.0 Å². The van der Waals surface area contributed by atoms with E-state index in [1.165, 1.54) is 11.3 Å². The summed E-state index contributed by atoms with van der Waals surface area (Å²) in [5.74, 6) is 1.10. The summed E-state index contributed by atoms with van der Waals surface area (Å²) in [5, 5.41) is 0. The molecule has 16 heavy (non-hydrogen) atoms. The lowest BCUT2D eigenvalue weighted by Crippen LogP contribution is -1.92. The minimum absolute atomic E-state index is 0.227. The predicted molar refractivity (Wildman–Crippen MR) is 66.9 cm³/mol. The first-order valence-corrected chi connectivity index (χ1v) is 6.45. The van der Waals surface area contributed by atoms with Gasteiger partial charge in [-0.15, -0.1) is 11.8 Å². The molecule has 3 heteroatoms. The first-order chi connectivity index (χ1) is 7.93. The van der Waals surface area contributed by atoms with Crippen LogP contribution in [0.4, 0.5) is 0 Å². The number of hydrogen-bond acceptors (Lipinski definition) is 2. The molecule has 0 saturated carbocycles. The van der Waals surface area contributed by atoms with E-state index in [0.29, 0.717) is 0 Å². The lowest BCUT2D eigenvalue weighted by atomic mass is 10.3. The maximum atomic E-state index is 5.64. The summed E-state index contributed by atoms with van der Waals surface area (Å²) >= 11 is 1.87. The highest BCUT2D eigenvalue weighted by Crippen LogP contribution is 2.35. The van der Waals surface area contributed by atoms with Gasteiger partial charge < -0.3 is 9.30 Å². The van der Waals surface area contributed by atoms with Gasteiger partial charge in [0.25, 0.3) is 0 Å². The Morgan fingerprint density at radius 1 is 1.19 bits per heavy atom. The van der Waals surface area contributed by atoms with Crippen LogP contribution in [-0.2, 0) is 4.74 Å². The van der Waals surface area contributed by atoms with Crippen molar-refractivity contribution < 1.29 is 4.74 Å². The summed E-state index contributed by atoms with van der Waals surface area (Å²) in [4.78, 5) is 0. The molecule has 2 nitrogen and oxygen atoms in total. The van der Waals surface area contributed by atoms with Crippen LogP contribution in [-0.4, -0.2) is 16.9 Å². The molecule has 0 aliphatic carbocycles. The monoisotopic (exact) mass is 231 g/mol. The molecule has 0 spiro atoms. The van der Waals surface area contributed by atoms with Crippen molar-refractivity contribution in [1.82, 2.24) is 4.57 Å². The molecule has 1 fully saturated rings. The molecule has 82 valence electrons. The summed E-state index contributed by atoms with van der Waals surface area (Å²) in [6.07, 6.45) is 4.24. The summed E-state index contributed by atoms with van der Waals surface area (Å²) < 4.78 is 7.77. The third-order valence-electron chi connectivity index (χ3n) is 2.66. The lowest BCUT2D eigenvalue weighted by Gasteiger charge is -2.05. The Morgan fingerprint density at radius 3 is 2.81 bits per heavy atom. The minimum atomic E-state index is 0.227. The average molecular weight is 231 g/mol. The third kappa shape index (κ3) is 1.88. The zero-order valence-electron chi connectivity index (χ0n) is 8.87. The molecule has 2 heterocycles. The van der Waals surface area contributed by atoms with Crippen LogP contribution >= 0.6 is 11.8 Å². The van der Waals surface area contributed by atoms with E-state index in [1.807, 2.05) is 17.8 Å². The van der Waals surface area contributed by atoms with Crippen molar-refractivity contribution in [3.63, 3.8) is 0 Å². The minimum Gasteiger partial charge on any atom is -0.362 e. The van der Waals surface area contributed by atoms with Gasteiger partial charge in [-0.2, -0.15) is 0 Å². The smallest absolute Gasteiger partial charge is 0.130 e. The third-order valence-corrected chi connectivity index (χ3v) is 3.78. The summed E-state index contributed by atoms with van der Waals surface area (Å²) in [7, 11) is 0. The molecule has 0 N–H and O–H groups in total. The van der Waals surface area contributed by atoms with Gasteiger partial charge in [0.05, 0.1) is 6.61 Å². The lowest BCUT2D eigenvalue weighted by molar-refractivity contribution is 0.145. The van der Waals surface area contributed by atoms with Crippen LogP contribution in [0, 0.1) is 0 Å². The zero-order valence-corrected chi connectivity index (χ0v) is 9.69. The second-order valence-corrected chi connectivity index (χ2v) is 4.93. The number of nitrogens with zero attached hydrogens (tertiary/aromatic N) is 1. The van der Waals surface area contributed by atoms with Crippen molar-refractivity contribution in [2.75, 3.05) is 12.4 Å². The van der Waals surface area contributed by atoms with Gasteiger partial charge in [-0.25, -0.2) is 0 Å². The highest BCUT2D eigenvalue weighted by Gasteiger charge is 2.19. The van der Waals surface area contributed by atoms with E-state index in [4.69, 9.17) is 4.74 Å². The van der Waals surface area contributed by atoms with Gasteiger partial charge in [0.2, 0.25) is 0 Å². The fourth-order valence-electron chi connectivity index (χ4n) is 1.86. The second kappa shape index (κ2) is 4.36. The van der Waals surface area contributed by atoms with Gasteiger partial charge in [-0.1, -0.05) is 18.2 Å². The molecule has 1 aliphatic heterocycles. The molecule has 1 unspecified atom stereocenters. The van der Waals surface area contributed by atoms with Crippen LogP contribution in [0.2, 0.25) is 0 Å². The zero-order chi connectivity index (χ0) is 10.8. The SMILES string of the molecule is c1ccc(-n2ccc(C3OCCS3)c2)cc1. The summed E-state index contributed by atoms with van der Waals surface area (Å²) in [5.41, 5.74) is 2.67. The van der Waals surface area contributed by atoms with Crippen molar-refractivity contribution in [3.05, 3.63) is 54.4 Å². The maximum Gasteiger partial charge on any atom is 0.130 e. The van der Waals surface area contributed by atoms with Gasteiger partial charge in [-0.05, 0) is 18.2 Å². The van der Waals surface area contributed by atoms with E-state index in [1.54, 1.807) is 0 Å². The standard InChI is InChI=1S/C13H13NOS/c1-2-4-12(5-3-1)14-7-6-11(10-14)13-15-8-9-16-13/h1-7,10,13H,8-9H2. The number of aromatic nitrogens is 1. The molecule has 2 aromatic rings. The van der Waals surface area contributed by atoms with Gasteiger partial charge in [0.1, 0.15) is 5.44 Å². The predicted octanol–water partition coefficient (Wildman–Crippen LogP) is 3.24. The molecule has 0 radical (unpaired) electrons. The fraction of sp³-hybridized carbons (Fsp3) is 0.231. The van der Waals surface area contributed by atoms with E-state index in [0.717, 1.165) is 12.4 Å². The molecular formula is C13H13NOS. The molecule has 0 bridgehead atoms. The molecule has 1 aromatic carbocycles. The molecule has 1 atom stereocenters. The topological polar surface area (TPSA) is 14.2 Å². The molecule has 3 rings (SSSR count). The van der Waals surface area contributed by atoms with Crippen LogP contribution in [0.3, 0.4) is 0 Å². The number of rotatable bonds is 2.